The van der Waals surface area contributed by atoms with E-state index in [1.54, 1.807) is 0 Å². The summed E-state index contributed by atoms with van der Waals surface area (Å²) in [7, 11) is 0. The molecule has 0 saturated heterocycles. The summed E-state index contributed by atoms with van der Waals surface area (Å²) in [6, 6.07) is 6.63. The fourth-order valence-corrected chi connectivity index (χ4v) is 1.93. The largest absolute Gasteiger partial charge is 0.491 e. The van der Waals surface area contributed by atoms with Crippen LogP contribution >= 0.6 is 15.9 Å². The lowest BCUT2D eigenvalue weighted by Crippen LogP contribution is -2.16. The summed E-state index contributed by atoms with van der Waals surface area (Å²) in [6.07, 6.45) is 2.56. The van der Waals surface area contributed by atoms with Gasteiger partial charge in [-0.15, -0.1) is 0 Å². The van der Waals surface area contributed by atoms with Crippen molar-refractivity contribution in [2.75, 3.05) is 13.2 Å². The molecule has 88 valence electrons. The quantitative estimate of drug-likeness (QED) is 0.841. The molecule has 0 atom stereocenters. The summed E-state index contributed by atoms with van der Waals surface area (Å²) in [5.41, 5.74) is 1.13. The maximum absolute atomic E-state index is 8.75. The predicted molar refractivity (Wildman–Crippen MR) is 66.6 cm³/mol. The lowest BCUT2D eigenvalue weighted by Gasteiger charge is -2.11. The normalized spacial score (nSPS) is 15.1. The van der Waals surface area contributed by atoms with Crippen molar-refractivity contribution < 1.29 is 9.84 Å². The van der Waals surface area contributed by atoms with E-state index in [2.05, 4.69) is 27.3 Å². The van der Waals surface area contributed by atoms with Crippen molar-refractivity contribution >= 4 is 15.9 Å². The van der Waals surface area contributed by atoms with E-state index in [4.69, 9.17) is 9.84 Å². The van der Waals surface area contributed by atoms with Gasteiger partial charge in [0.2, 0.25) is 0 Å². The fourth-order valence-electron chi connectivity index (χ4n) is 1.52. The fraction of sp³-hybridized carbons (Fsp3) is 0.500. The van der Waals surface area contributed by atoms with E-state index in [9.17, 15) is 0 Å². The molecule has 2 rings (SSSR count). The highest BCUT2D eigenvalue weighted by Gasteiger charge is 2.20. The number of nitrogens with one attached hydrogen (secondary N) is 1. The van der Waals surface area contributed by atoms with Crippen LogP contribution in [0.3, 0.4) is 0 Å². The van der Waals surface area contributed by atoms with Gasteiger partial charge >= 0.3 is 0 Å². The van der Waals surface area contributed by atoms with Crippen LogP contribution in [0.2, 0.25) is 0 Å². The number of hydrogen-bond donors (Lipinski definition) is 2. The first-order chi connectivity index (χ1) is 7.79. The van der Waals surface area contributed by atoms with Crippen LogP contribution in [0.25, 0.3) is 0 Å². The van der Waals surface area contributed by atoms with E-state index in [1.165, 1.54) is 12.8 Å². The highest BCUT2D eigenvalue weighted by atomic mass is 79.9. The molecule has 1 saturated carbocycles. The summed E-state index contributed by atoms with van der Waals surface area (Å²) in [5.74, 6) is 0.852. The third-order valence-corrected chi connectivity index (χ3v) is 3.02. The molecule has 0 spiro atoms. The van der Waals surface area contributed by atoms with E-state index in [1.807, 2.05) is 12.1 Å². The third kappa shape index (κ3) is 3.47. The van der Waals surface area contributed by atoms with Gasteiger partial charge in [0.05, 0.1) is 6.61 Å². The van der Waals surface area contributed by atoms with Crippen LogP contribution in [0.1, 0.15) is 18.4 Å². The molecule has 1 aliphatic carbocycles. The number of hydrogen-bond acceptors (Lipinski definition) is 3. The van der Waals surface area contributed by atoms with Gasteiger partial charge in [0.1, 0.15) is 12.4 Å². The van der Waals surface area contributed by atoms with Gasteiger partial charge in [0.25, 0.3) is 0 Å². The summed E-state index contributed by atoms with van der Waals surface area (Å²) in [4.78, 5) is 0. The Labute approximate surface area is 104 Å². The molecule has 0 amide bonds. The zero-order chi connectivity index (χ0) is 11.4. The molecule has 1 aliphatic rings. The maximum atomic E-state index is 8.75. The van der Waals surface area contributed by atoms with E-state index < -0.39 is 0 Å². The van der Waals surface area contributed by atoms with Gasteiger partial charge in [-0.25, -0.2) is 0 Å². The second-order valence-corrected chi connectivity index (χ2v) is 4.89. The molecular weight excluding hydrogens is 270 g/mol. The molecule has 1 aromatic rings. The molecule has 3 nitrogen and oxygen atoms in total. The van der Waals surface area contributed by atoms with Gasteiger partial charge in [-0.1, -0.05) is 15.9 Å². The zero-order valence-corrected chi connectivity index (χ0v) is 10.7. The van der Waals surface area contributed by atoms with Gasteiger partial charge in [-0.3, -0.25) is 0 Å². The summed E-state index contributed by atoms with van der Waals surface area (Å²) in [6.45, 7) is 1.22. The molecule has 16 heavy (non-hydrogen) atoms. The minimum atomic E-state index is 0.0472. The first-order valence-corrected chi connectivity index (χ1v) is 6.34. The Balaban J connectivity index is 2.01. The molecule has 1 fully saturated rings. The van der Waals surface area contributed by atoms with Gasteiger partial charge in [0, 0.05) is 22.6 Å². The van der Waals surface area contributed by atoms with Crippen LogP contribution in [0.4, 0.5) is 0 Å². The summed E-state index contributed by atoms with van der Waals surface area (Å²) < 4.78 is 6.54. The SMILES string of the molecule is OCCOc1ccc(Br)cc1CNC1CC1. The Morgan fingerprint density at radius 2 is 2.25 bits per heavy atom. The van der Waals surface area contributed by atoms with Crippen molar-refractivity contribution in [1.29, 1.82) is 0 Å². The Bertz CT molecular complexity index is 353. The topological polar surface area (TPSA) is 41.5 Å². The molecule has 0 aliphatic heterocycles. The number of rotatable bonds is 6. The van der Waals surface area contributed by atoms with Crippen LogP contribution in [0.15, 0.2) is 22.7 Å². The van der Waals surface area contributed by atoms with Crippen molar-refractivity contribution in [2.24, 2.45) is 0 Å². The molecular formula is C12H16BrNO2. The van der Waals surface area contributed by atoms with Gasteiger partial charge < -0.3 is 15.2 Å². The minimum absolute atomic E-state index is 0.0472. The minimum Gasteiger partial charge on any atom is -0.491 e. The van der Waals surface area contributed by atoms with E-state index in [-0.39, 0.29) is 6.61 Å². The predicted octanol–water partition coefficient (Wildman–Crippen LogP) is 2.07. The Morgan fingerprint density at radius 1 is 1.44 bits per heavy atom. The smallest absolute Gasteiger partial charge is 0.123 e. The third-order valence-electron chi connectivity index (χ3n) is 2.53. The molecule has 0 unspecified atom stereocenters. The monoisotopic (exact) mass is 285 g/mol. The number of aliphatic hydroxyl groups is 1. The highest BCUT2D eigenvalue weighted by Crippen LogP contribution is 2.25. The standard InChI is InChI=1S/C12H16BrNO2/c13-10-1-4-12(16-6-5-15)9(7-10)8-14-11-2-3-11/h1,4,7,11,14-15H,2-3,5-6,8H2. The van der Waals surface area contributed by atoms with Crippen LogP contribution in [0, 0.1) is 0 Å². The second-order valence-electron chi connectivity index (χ2n) is 3.98. The van der Waals surface area contributed by atoms with Gasteiger partial charge in [-0.05, 0) is 31.0 Å². The Morgan fingerprint density at radius 3 is 2.94 bits per heavy atom. The lowest BCUT2D eigenvalue weighted by molar-refractivity contribution is 0.200. The molecule has 0 heterocycles. The van der Waals surface area contributed by atoms with Crippen molar-refractivity contribution in [1.82, 2.24) is 5.32 Å². The van der Waals surface area contributed by atoms with Crippen LogP contribution in [-0.4, -0.2) is 24.4 Å². The molecule has 0 bridgehead atoms. The molecule has 4 heteroatoms. The first kappa shape index (κ1) is 11.9. The second kappa shape index (κ2) is 5.66. The van der Waals surface area contributed by atoms with Gasteiger partial charge in [-0.2, -0.15) is 0 Å². The van der Waals surface area contributed by atoms with Crippen molar-refractivity contribution in [3.05, 3.63) is 28.2 Å². The highest BCUT2D eigenvalue weighted by molar-refractivity contribution is 9.10. The molecule has 1 aromatic carbocycles. The Kier molecular flexibility index (Phi) is 4.21. The summed E-state index contributed by atoms with van der Waals surface area (Å²) >= 11 is 3.45. The Hall–Kier alpha value is -0.580. The number of benzene rings is 1. The number of aliphatic hydroxyl groups excluding tert-OH is 1. The molecule has 2 N–H and O–H groups in total. The average Bonchev–Trinajstić information content (AvgIpc) is 3.09. The average molecular weight is 286 g/mol. The molecule has 0 aromatic heterocycles. The van der Waals surface area contributed by atoms with Gasteiger partial charge in [0.15, 0.2) is 0 Å². The number of halogens is 1. The lowest BCUT2D eigenvalue weighted by atomic mass is 10.2. The van der Waals surface area contributed by atoms with E-state index >= 15 is 0 Å². The van der Waals surface area contributed by atoms with Crippen molar-refractivity contribution in [3.63, 3.8) is 0 Å². The van der Waals surface area contributed by atoms with Crippen molar-refractivity contribution in [2.45, 2.75) is 25.4 Å². The number of ether oxygens (including phenoxy) is 1. The first-order valence-electron chi connectivity index (χ1n) is 5.55. The van der Waals surface area contributed by atoms with Crippen LogP contribution < -0.4 is 10.1 Å². The van der Waals surface area contributed by atoms with Crippen LogP contribution in [-0.2, 0) is 6.54 Å². The maximum Gasteiger partial charge on any atom is 0.123 e. The van der Waals surface area contributed by atoms with Crippen LogP contribution in [0.5, 0.6) is 5.75 Å². The van der Waals surface area contributed by atoms with E-state index in [0.29, 0.717) is 12.6 Å². The summed E-state index contributed by atoms with van der Waals surface area (Å²) in [5, 5.41) is 12.2. The van der Waals surface area contributed by atoms with Crippen molar-refractivity contribution in [3.8, 4) is 5.75 Å². The van der Waals surface area contributed by atoms with E-state index in [0.717, 1.165) is 22.3 Å². The zero-order valence-electron chi connectivity index (χ0n) is 9.08. The molecule has 0 radical (unpaired) electrons.